The van der Waals surface area contributed by atoms with E-state index in [-0.39, 0.29) is 6.42 Å². The van der Waals surface area contributed by atoms with Gasteiger partial charge in [0.2, 0.25) is 0 Å². The number of carboxylic acids is 1. The minimum atomic E-state index is -0.946. The van der Waals surface area contributed by atoms with Crippen molar-refractivity contribution in [2.24, 2.45) is 5.73 Å². The minimum Gasteiger partial charge on any atom is -0.494 e. The molecule has 0 bridgehead atoms. The van der Waals surface area contributed by atoms with E-state index in [1.54, 1.807) is 12.4 Å². The summed E-state index contributed by atoms with van der Waals surface area (Å²) in [6, 6.07) is 6.85. The fourth-order valence-corrected chi connectivity index (χ4v) is 1.85. The number of carbonyl (C=O) groups is 1. The molecule has 3 N–H and O–H groups in total. The van der Waals surface area contributed by atoms with Crippen molar-refractivity contribution in [3.63, 3.8) is 0 Å². The topological polar surface area (TPSA) is 98.3 Å². The zero-order chi connectivity index (χ0) is 15.2. The summed E-state index contributed by atoms with van der Waals surface area (Å²) >= 11 is 0. The first-order chi connectivity index (χ1) is 10.1. The van der Waals surface area contributed by atoms with E-state index in [1.165, 1.54) is 0 Å². The van der Waals surface area contributed by atoms with Crippen molar-refractivity contribution in [2.45, 2.75) is 19.4 Å². The van der Waals surface area contributed by atoms with Crippen LogP contribution in [0.5, 0.6) is 5.75 Å². The zero-order valence-corrected chi connectivity index (χ0v) is 11.7. The Labute approximate surface area is 122 Å². The predicted molar refractivity (Wildman–Crippen MR) is 77.8 cm³/mol. The lowest BCUT2D eigenvalue weighted by Gasteiger charge is -2.09. The molecule has 0 radical (unpaired) electrons. The average Bonchev–Trinajstić information content (AvgIpc) is 2.48. The van der Waals surface area contributed by atoms with Crippen LogP contribution in [0.3, 0.4) is 0 Å². The van der Waals surface area contributed by atoms with Crippen molar-refractivity contribution < 1.29 is 14.6 Å². The van der Waals surface area contributed by atoms with E-state index >= 15 is 0 Å². The van der Waals surface area contributed by atoms with Crippen molar-refractivity contribution in [1.29, 1.82) is 0 Å². The lowest BCUT2D eigenvalue weighted by molar-refractivity contribution is -0.137. The Morgan fingerprint density at radius 1 is 1.29 bits per heavy atom. The number of benzene rings is 1. The maximum Gasteiger partial charge on any atom is 0.305 e. The molecule has 6 heteroatoms. The molecule has 0 aliphatic heterocycles. The third-order valence-electron chi connectivity index (χ3n) is 2.92. The molecule has 0 aliphatic rings. The largest absolute Gasteiger partial charge is 0.494 e. The second kappa shape index (κ2) is 6.81. The molecule has 1 atom stereocenters. The molecule has 0 saturated heterocycles. The lowest BCUT2D eigenvalue weighted by Crippen LogP contribution is -2.15. The van der Waals surface area contributed by atoms with Crippen molar-refractivity contribution in [3.8, 4) is 17.1 Å². The zero-order valence-electron chi connectivity index (χ0n) is 11.7. The minimum absolute atomic E-state index is 0.147. The van der Waals surface area contributed by atoms with Gasteiger partial charge in [0.15, 0.2) is 5.82 Å². The van der Waals surface area contributed by atoms with Crippen molar-refractivity contribution in [2.75, 3.05) is 6.61 Å². The molecule has 1 heterocycles. The van der Waals surface area contributed by atoms with Crippen molar-refractivity contribution >= 4 is 5.97 Å². The van der Waals surface area contributed by atoms with E-state index < -0.39 is 12.0 Å². The standard InChI is InChI=1S/C15H17N3O3/c1-2-21-12-5-3-10(4-6-12)15-17-8-11(9-18-15)13(16)7-14(19)20/h3-6,8-9,13H,2,7,16H2,1H3,(H,19,20). The summed E-state index contributed by atoms with van der Waals surface area (Å²) in [7, 11) is 0. The molecule has 0 saturated carbocycles. The quantitative estimate of drug-likeness (QED) is 0.843. The van der Waals surface area contributed by atoms with Crippen LogP contribution in [0.25, 0.3) is 11.4 Å². The normalized spacial score (nSPS) is 11.9. The smallest absolute Gasteiger partial charge is 0.305 e. The molecule has 0 amide bonds. The van der Waals surface area contributed by atoms with Gasteiger partial charge in [0.25, 0.3) is 0 Å². The van der Waals surface area contributed by atoms with Crippen LogP contribution in [-0.4, -0.2) is 27.7 Å². The molecule has 1 unspecified atom stereocenters. The van der Waals surface area contributed by atoms with Crippen LogP contribution >= 0.6 is 0 Å². The summed E-state index contributed by atoms with van der Waals surface area (Å²) in [4.78, 5) is 19.1. The number of aromatic nitrogens is 2. The maximum absolute atomic E-state index is 10.6. The van der Waals surface area contributed by atoms with E-state index in [9.17, 15) is 4.79 Å². The lowest BCUT2D eigenvalue weighted by atomic mass is 10.1. The predicted octanol–water partition coefficient (Wildman–Crippen LogP) is 2.02. The summed E-state index contributed by atoms with van der Waals surface area (Å²) in [6.07, 6.45) is 2.98. The summed E-state index contributed by atoms with van der Waals surface area (Å²) in [6.45, 7) is 2.54. The van der Waals surface area contributed by atoms with Gasteiger partial charge in [-0.25, -0.2) is 9.97 Å². The molecular formula is C15H17N3O3. The Kier molecular flexibility index (Phi) is 4.84. The number of aliphatic carboxylic acids is 1. The van der Waals surface area contributed by atoms with Gasteiger partial charge in [-0.15, -0.1) is 0 Å². The molecule has 110 valence electrons. The number of ether oxygens (including phenoxy) is 1. The molecule has 2 rings (SSSR count). The SMILES string of the molecule is CCOc1ccc(-c2ncc(C(N)CC(=O)O)cn2)cc1. The van der Waals surface area contributed by atoms with Crippen LogP contribution in [0.1, 0.15) is 24.9 Å². The second-order valence-electron chi connectivity index (χ2n) is 4.50. The highest BCUT2D eigenvalue weighted by atomic mass is 16.5. The maximum atomic E-state index is 10.6. The van der Waals surface area contributed by atoms with Gasteiger partial charge in [-0.3, -0.25) is 4.79 Å². The van der Waals surface area contributed by atoms with Crippen LogP contribution in [0.2, 0.25) is 0 Å². The van der Waals surface area contributed by atoms with Gasteiger partial charge in [-0.2, -0.15) is 0 Å². The number of carboxylic acid groups (broad SMARTS) is 1. The van der Waals surface area contributed by atoms with E-state index in [0.717, 1.165) is 11.3 Å². The van der Waals surface area contributed by atoms with Crippen LogP contribution in [0, 0.1) is 0 Å². The number of rotatable bonds is 6. The number of nitrogens with two attached hydrogens (primary N) is 1. The van der Waals surface area contributed by atoms with Gasteiger partial charge in [0.05, 0.1) is 13.0 Å². The van der Waals surface area contributed by atoms with E-state index in [2.05, 4.69) is 9.97 Å². The van der Waals surface area contributed by atoms with Crippen molar-refractivity contribution in [1.82, 2.24) is 9.97 Å². The van der Waals surface area contributed by atoms with E-state index in [1.807, 2.05) is 31.2 Å². The Morgan fingerprint density at radius 3 is 2.43 bits per heavy atom. The van der Waals surface area contributed by atoms with Crippen LogP contribution in [0.4, 0.5) is 0 Å². The van der Waals surface area contributed by atoms with Gasteiger partial charge in [0, 0.05) is 29.6 Å². The highest BCUT2D eigenvalue weighted by Gasteiger charge is 2.12. The highest BCUT2D eigenvalue weighted by Crippen LogP contribution is 2.20. The Morgan fingerprint density at radius 2 is 1.90 bits per heavy atom. The van der Waals surface area contributed by atoms with E-state index in [0.29, 0.717) is 18.0 Å². The molecule has 1 aromatic carbocycles. The first-order valence-electron chi connectivity index (χ1n) is 6.62. The fourth-order valence-electron chi connectivity index (χ4n) is 1.85. The van der Waals surface area contributed by atoms with Gasteiger partial charge >= 0.3 is 5.97 Å². The van der Waals surface area contributed by atoms with Crippen LogP contribution < -0.4 is 10.5 Å². The fraction of sp³-hybridized carbons (Fsp3) is 0.267. The molecule has 1 aromatic heterocycles. The number of hydrogen-bond acceptors (Lipinski definition) is 5. The molecule has 0 fully saturated rings. The summed E-state index contributed by atoms with van der Waals surface area (Å²) < 4.78 is 5.37. The Balaban J connectivity index is 2.12. The molecule has 2 aromatic rings. The first-order valence-corrected chi connectivity index (χ1v) is 6.62. The molecule has 0 aliphatic carbocycles. The molecular weight excluding hydrogens is 270 g/mol. The van der Waals surface area contributed by atoms with Crippen LogP contribution in [-0.2, 0) is 4.79 Å². The van der Waals surface area contributed by atoms with Gasteiger partial charge in [-0.1, -0.05) is 0 Å². The highest BCUT2D eigenvalue weighted by molar-refractivity contribution is 5.67. The first kappa shape index (κ1) is 14.9. The van der Waals surface area contributed by atoms with Crippen molar-refractivity contribution in [3.05, 3.63) is 42.2 Å². The second-order valence-corrected chi connectivity index (χ2v) is 4.50. The third kappa shape index (κ3) is 4.00. The summed E-state index contributed by atoms with van der Waals surface area (Å²) in [5.41, 5.74) is 7.22. The molecule has 21 heavy (non-hydrogen) atoms. The number of hydrogen-bond donors (Lipinski definition) is 2. The summed E-state index contributed by atoms with van der Waals surface area (Å²) in [5, 5.41) is 8.71. The summed E-state index contributed by atoms with van der Waals surface area (Å²) in [5.74, 6) is 0.406. The van der Waals surface area contributed by atoms with E-state index in [4.69, 9.17) is 15.6 Å². The average molecular weight is 287 g/mol. The van der Waals surface area contributed by atoms with Gasteiger partial charge in [-0.05, 0) is 31.2 Å². The van der Waals surface area contributed by atoms with Gasteiger partial charge < -0.3 is 15.6 Å². The number of nitrogens with zero attached hydrogens (tertiary/aromatic N) is 2. The molecule has 0 spiro atoms. The Bertz CT molecular complexity index is 597. The molecule has 6 nitrogen and oxygen atoms in total. The van der Waals surface area contributed by atoms with Gasteiger partial charge in [0.1, 0.15) is 5.75 Å². The van der Waals surface area contributed by atoms with Crippen LogP contribution in [0.15, 0.2) is 36.7 Å². The third-order valence-corrected chi connectivity index (χ3v) is 2.92. The monoisotopic (exact) mass is 287 g/mol. The Hall–Kier alpha value is -2.47.